The molecule has 0 aromatic carbocycles. The lowest BCUT2D eigenvalue weighted by atomic mass is 10.1. The van der Waals surface area contributed by atoms with Crippen LogP contribution in [0.1, 0.15) is 25.6 Å². The highest BCUT2D eigenvalue weighted by Crippen LogP contribution is 2.15. The smallest absolute Gasteiger partial charge is 0.236 e. The number of nitrogens with two attached hydrogens (primary N) is 1. The van der Waals surface area contributed by atoms with E-state index in [1.54, 1.807) is 6.20 Å². The van der Waals surface area contributed by atoms with Crippen molar-refractivity contribution in [2.75, 3.05) is 33.2 Å². The predicted molar refractivity (Wildman–Crippen MR) is 76.6 cm³/mol. The number of carbonyl (C=O) groups excluding carboxylic acids is 1. The normalized spacial score (nSPS) is 12.5. The first-order chi connectivity index (χ1) is 9.13. The lowest BCUT2D eigenvalue weighted by Crippen LogP contribution is -2.41. The minimum atomic E-state index is -0.0271. The molecule has 1 amide bonds. The molecule has 1 heterocycles. The minimum absolute atomic E-state index is 0.0271. The van der Waals surface area contributed by atoms with Crippen molar-refractivity contribution >= 4 is 5.91 Å². The van der Waals surface area contributed by atoms with E-state index in [1.807, 2.05) is 48.9 Å². The summed E-state index contributed by atoms with van der Waals surface area (Å²) < 4.78 is 0. The van der Waals surface area contributed by atoms with E-state index in [2.05, 4.69) is 4.98 Å². The van der Waals surface area contributed by atoms with Crippen LogP contribution in [0.15, 0.2) is 24.4 Å². The molecule has 0 aliphatic rings. The topological polar surface area (TPSA) is 62.5 Å². The molecule has 0 saturated carbocycles. The lowest BCUT2D eigenvalue weighted by molar-refractivity contribution is -0.132. The zero-order valence-corrected chi connectivity index (χ0v) is 12.0. The number of likely N-dealkylation sites (N-methyl/N-ethyl adjacent to an activating group) is 2. The number of rotatable bonds is 7. The van der Waals surface area contributed by atoms with Crippen molar-refractivity contribution in [2.24, 2.45) is 5.73 Å². The van der Waals surface area contributed by atoms with Crippen LogP contribution in [0.2, 0.25) is 0 Å². The second-order valence-electron chi connectivity index (χ2n) is 4.49. The summed E-state index contributed by atoms with van der Waals surface area (Å²) in [6.07, 6.45) is 1.75. The predicted octanol–water partition coefficient (Wildman–Crippen LogP) is 0.882. The fourth-order valence-corrected chi connectivity index (χ4v) is 2.10. The van der Waals surface area contributed by atoms with Gasteiger partial charge < -0.3 is 10.6 Å². The van der Waals surface area contributed by atoms with Crippen LogP contribution < -0.4 is 5.73 Å². The highest BCUT2D eigenvalue weighted by atomic mass is 16.2. The zero-order chi connectivity index (χ0) is 14.3. The van der Waals surface area contributed by atoms with Crippen molar-refractivity contribution in [1.82, 2.24) is 14.8 Å². The Morgan fingerprint density at radius 2 is 2.05 bits per heavy atom. The molecule has 5 nitrogen and oxygen atoms in total. The summed E-state index contributed by atoms with van der Waals surface area (Å²) in [6, 6.07) is 5.72. The molecule has 1 unspecified atom stereocenters. The van der Waals surface area contributed by atoms with Gasteiger partial charge in [-0.05, 0) is 33.0 Å². The molecule has 1 aromatic heterocycles. The van der Waals surface area contributed by atoms with Gasteiger partial charge in [-0.2, -0.15) is 0 Å². The molecule has 1 atom stereocenters. The average molecular weight is 264 g/mol. The van der Waals surface area contributed by atoms with E-state index in [-0.39, 0.29) is 11.9 Å². The number of amides is 1. The summed E-state index contributed by atoms with van der Waals surface area (Å²) in [5.41, 5.74) is 6.72. The van der Waals surface area contributed by atoms with Crippen LogP contribution in [0.5, 0.6) is 0 Å². The van der Waals surface area contributed by atoms with Gasteiger partial charge in [-0.1, -0.05) is 6.07 Å². The van der Waals surface area contributed by atoms with Gasteiger partial charge in [-0.25, -0.2) is 0 Å². The molecule has 5 heteroatoms. The van der Waals surface area contributed by atoms with E-state index >= 15 is 0 Å². The van der Waals surface area contributed by atoms with Gasteiger partial charge in [0.15, 0.2) is 0 Å². The highest BCUT2D eigenvalue weighted by Gasteiger charge is 2.20. The van der Waals surface area contributed by atoms with Crippen molar-refractivity contribution in [1.29, 1.82) is 0 Å². The van der Waals surface area contributed by atoms with Gasteiger partial charge in [0.05, 0.1) is 18.3 Å². The zero-order valence-electron chi connectivity index (χ0n) is 12.0. The molecule has 106 valence electrons. The number of aromatic nitrogens is 1. The van der Waals surface area contributed by atoms with Crippen LogP contribution in [0.4, 0.5) is 0 Å². The second-order valence-corrected chi connectivity index (χ2v) is 4.49. The van der Waals surface area contributed by atoms with Gasteiger partial charge in [0.1, 0.15) is 0 Å². The van der Waals surface area contributed by atoms with E-state index in [1.165, 1.54) is 0 Å². The summed E-state index contributed by atoms with van der Waals surface area (Å²) in [6.45, 7) is 6.25. The van der Waals surface area contributed by atoms with Gasteiger partial charge in [0, 0.05) is 25.8 Å². The quantitative estimate of drug-likeness (QED) is 0.794. The molecule has 19 heavy (non-hydrogen) atoms. The first-order valence-corrected chi connectivity index (χ1v) is 6.73. The first kappa shape index (κ1) is 15.6. The van der Waals surface area contributed by atoms with E-state index in [0.29, 0.717) is 13.1 Å². The van der Waals surface area contributed by atoms with E-state index in [0.717, 1.165) is 18.8 Å². The molecule has 0 aliphatic carbocycles. The summed E-state index contributed by atoms with van der Waals surface area (Å²) in [5.74, 6) is 0.127. The van der Waals surface area contributed by atoms with Crippen LogP contribution in [0.25, 0.3) is 0 Å². The van der Waals surface area contributed by atoms with Gasteiger partial charge in [0.25, 0.3) is 0 Å². The summed E-state index contributed by atoms with van der Waals surface area (Å²) >= 11 is 0. The molecule has 1 aromatic rings. The minimum Gasteiger partial charge on any atom is -0.342 e. The van der Waals surface area contributed by atoms with Crippen LogP contribution in [0.3, 0.4) is 0 Å². The molecule has 0 bridgehead atoms. The fourth-order valence-electron chi connectivity index (χ4n) is 2.10. The molecule has 0 spiro atoms. The SMILES string of the molecule is CCN(CC)C(=O)CN(C)C(CN)c1ccccn1. The molecule has 0 fully saturated rings. The van der Waals surface area contributed by atoms with E-state index in [4.69, 9.17) is 5.73 Å². The van der Waals surface area contributed by atoms with Gasteiger partial charge in [0.2, 0.25) is 5.91 Å². The van der Waals surface area contributed by atoms with Crippen LogP contribution in [0, 0.1) is 0 Å². The van der Waals surface area contributed by atoms with Crippen LogP contribution in [-0.4, -0.2) is 53.9 Å². The molecule has 0 aliphatic heterocycles. The Hall–Kier alpha value is -1.46. The second kappa shape index (κ2) is 7.86. The van der Waals surface area contributed by atoms with Crippen molar-refractivity contribution in [3.05, 3.63) is 30.1 Å². The van der Waals surface area contributed by atoms with Crippen molar-refractivity contribution in [2.45, 2.75) is 19.9 Å². The third-order valence-corrected chi connectivity index (χ3v) is 3.29. The average Bonchev–Trinajstić information content (AvgIpc) is 2.42. The first-order valence-electron chi connectivity index (χ1n) is 6.73. The Bertz CT molecular complexity index is 378. The molecule has 1 rings (SSSR count). The number of hydrogen-bond donors (Lipinski definition) is 1. The van der Waals surface area contributed by atoms with Crippen molar-refractivity contribution in [3.63, 3.8) is 0 Å². The monoisotopic (exact) mass is 264 g/mol. The summed E-state index contributed by atoms with van der Waals surface area (Å²) in [5, 5.41) is 0. The Kier molecular flexibility index (Phi) is 6.45. The Morgan fingerprint density at radius 1 is 1.37 bits per heavy atom. The van der Waals surface area contributed by atoms with Crippen molar-refractivity contribution < 1.29 is 4.79 Å². The van der Waals surface area contributed by atoms with Gasteiger partial charge >= 0.3 is 0 Å². The summed E-state index contributed by atoms with van der Waals surface area (Å²) in [7, 11) is 1.91. The number of hydrogen-bond acceptors (Lipinski definition) is 4. The highest BCUT2D eigenvalue weighted by molar-refractivity contribution is 5.78. The Balaban J connectivity index is 2.70. The van der Waals surface area contributed by atoms with Gasteiger partial charge in [-0.15, -0.1) is 0 Å². The van der Waals surface area contributed by atoms with Crippen LogP contribution in [-0.2, 0) is 4.79 Å². The third kappa shape index (κ3) is 4.29. The maximum Gasteiger partial charge on any atom is 0.236 e. The lowest BCUT2D eigenvalue weighted by Gasteiger charge is -2.28. The standard InChI is InChI=1S/C14H24N4O/c1-4-18(5-2)14(19)11-17(3)13(10-15)12-8-6-7-9-16-12/h6-9,13H,4-5,10-11,15H2,1-3H3. The molecular formula is C14H24N4O. The van der Waals surface area contributed by atoms with Crippen molar-refractivity contribution in [3.8, 4) is 0 Å². The fraction of sp³-hybridized carbons (Fsp3) is 0.571. The Labute approximate surface area is 115 Å². The number of carbonyl (C=O) groups is 1. The van der Waals surface area contributed by atoms with E-state index in [9.17, 15) is 4.79 Å². The maximum atomic E-state index is 12.1. The summed E-state index contributed by atoms with van der Waals surface area (Å²) in [4.78, 5) is 20.2. The third-order valence-electron chi connectivity index (χ3n) is 3.29. The van der Waals surface area contributed by atoms with Crippen LogP contribution >= 0.6 is 0 Å². The molecule has 2 N–H and O–H groups in total. The molecular weight excluding hydrogens is 240 g/mol. The number of nitrogens with zero attached hydrogens (tertiary/aromatic N) is 3. The Morgan fingerprint density at radius 3 is 2.53 bits per heavy atom. The number of pyridine rings is 1. The maximum absolute atomic E-state index is 12.1. The van der Waals surface area contributed by atoms with Gasteiger partial charge in [-0.3, -0.25) is 14.7 Å². The largest absolute Gasteiger partial charge is 0.342 e. The molecule has 0 saturated heterocycles. The van der Waals surface area contributed by atoms with E-state index < -0.39 is 0 Å². The molecule has 0 radical (unpaired) electrons.